The number of hydrogen-bond donors (Lipinski definition) is 5. The van der Waals surface area contributed by atoms with Crippen LogP contribution in [0.5, 0.6) is 5.75 Å². The molecular weight excluding hydrogens is 695 g/mol. The number of aromatic nitrogens is 3. The molecule has 6 N–H and O–H groups in total. The smallest absolute Gasteiger partial charge is 0.246 e. The summed E-state index contributed by atoms with van der Waals surface area (Å²) in [6.45, 7) is 9.92. The van der Waals surface area contributed by atoms with E-state index in [1.165, 1.54) is 4.90 Å². The maximum absolute atomic E-state index is 13.9. The highest BCUT2D eigenvalue weighted by Crippen LogP contribution is 2.32. The number of para-hydroxylation sites is 1. The van der Waals surface area contributed by atoms with Gasteiger partial charge in [-0.05, 0) is 49.1 Å². The molecule has 14 nitrogen and oxygen atoms in total. The Kier molecular flexibility index (Phi) is 11.6. The number of benzene rings is 2. The van der Waals surface area contributed by atoms with Crippen molar-refractivity contribution in [2.24, 2.45) is 5.92 Å². The summed E-state index contributed by atoms with van der Waals surface area (Å²) >= 11 is 1.58. The van der Waals surface area contributed by atoms with Gasteiger partial charge in [-0.3, -0.25) is 19.3 Å². The van der Waals surface area contributed by atoms with Crippen LogP contribution in [-0.4, -0.2) is 110 Å². The number of phenols is 1. The number of aryl methyl sites for hydroxylation is 1. The number of thiazole rings is 1. The minimum atomic E-state index is -0.875. The highest BCUT2D eigenvalue weighted by atomic mass is 32.1. The second-order valence-corrected chi connectivity index (χ2v) is 14.9. The molecule has 2 aromatic heterocycles. The first-order valence-corrected chi connectivity index (χ1v) is 18.7. The van der Waals surface area contributed by atoms with Crippen molar-refractivity contribution in [3.8, 4) is 27.4 Å². The molecule has 280 valence electrons. The lowest BCUT2D eigenvalue weighted by molar-refractivity contribution is -0.142. The number of nitrogens with two attached hydrogens (primary N) is 1. The lowest BCUT2D eigenvalue weighted by atomic mass is 10.0. The standard InChI is InChI=1S/C38H47N9O5S/c1-22(2)34(42-33(50)20-45-13-15-46(16-14-45)30-18-29(43-44-36(30)39)28-7-5-6-8-32(28)49)38(52)47-19-27(48)17-31(47)37(51)41-23(3)25-9-11-26(12-10-25)35-24(4)40-21-53-35/h5-12,18,21-23,27,31,34,48-49H,13-17,19-20H2,1-4H3,(H2,39,44)(H,41,51)(H,42,50)/t23-,27+,31-,34?/m0/s1. The molecule has 6 rings (SSSR count). The van der Waals surface area contributed by atoms with E-state index < -0.39 is 24.1 Å². The summed E-state index contributed by atoms with van der Waals surface area (Å²) in [6, 6.07) is 14.6. The number of phenolic OH excluding ortho intramolecular Hbond substituents is 1. The summed E-state index contributed by atoms with van der Waals surface area (Å²) in [4.78, 5) is 51.8. The number of aliphatic hydroxyl groups is 1. The molecule has 0 aliphatic carbocycles. The van der Waals surface area contributed by atoms with Crippen molar-refractivity contribution in [3.63, 3.8) is 0 Å². The van der Waals surface area contributed by atoms with Gasteiger partial charge < -0.3 is 36.4 Å². The van der Waals surface area contributed by atoms with Crippen LogP contribution in [0.1, 0.15) is 44.5 Å². The van der Waals surface area contributed by atoms with Gasteiger partial charge in [-0.2, -0.15) is 0 Å². The minimum Gasteiger partial charge on any atom is -0.507 e. The van der Waals surface area contributed by atoms with Gasteiger partial charge in [0.05, 0.1) is 46.2 Å². The number of aliphatic hydroxyl groups excluding tert-OH is 1. The van der Waals surface area contributed by atoms with Crippen molar-refractivity contribution in [2.75, 3.05) is 49.9 Å². The molecular formula is C38H47N9O5S. The molecule has 15 heteroatoms. The molecule has 4 aromatic rings. The number of carbonyl (C=O) groups excluding carboxylic acids is 3. The van der Waals surface area contributed by atoms with E-state index in [0.717, 1.165) is 21.7 Å². The molecule has 0 bridgehead atoms. The predicted molar refractivity (Wildman–Crippen MR) is 204 cm³/mol. The van der Waals surface area contributed by atoms with E-state index in [2.05, 4.69) is 30.7 Å². The summed E-state index contributed by atoms with van der Waals surface area (Å²) in [5, 5.41) is 35.1. The molecule has 4 atom stereocenters. The number of nitrogens with zero attached hydrogens (tertiary/aromatic N) is 6. The quantitative estimate of drug-likeness (QED) is 0.152. The number of nitrogen functional groups attached to an aromatic ring is 1. The number of piperazine rings is 1. The number of nitrogens with one attached hydrogen (secondary N) is 2. The molecule has 1 unspecified atom stereocenters. The Morgan fingerprint density at radius 2 is 1.72 bits per heavy atom. The summed E-state index contributed by atoms with van der Waals surface area (Å²) in [5.74, 6) is -0.935. The van der Waals surface area contributed by atoms with E-state index in [1.54, 1.807) is 29.5 Å². The second kappa shape index (κ2) is 16.3. The van der Waals surface area contributed by atoms with Crippen molar-refractivity contribution < 1.29 is 24.6 Å². The summed E-state index contributed by atoms with van der Waals surface area (Å²) in [5.41, 5.74) is 12.7. The molecule has 0 radical (unpaired) electrons. The van der Waals surface area contributed by atoms with E-state index in [-0.39, 0.29) is 54.9 Å². The largest absolute Gasteiger partial charge is 0.507 e. The summed E-state index contributed by atoms with van der Waals surface area (Å²) in [6.07, 6.45) is -0.742. The van der Waals surface area contributed by atoms with E-state index in [4.69, 9.17) is 5.73 Å². The number of hydrogen-bond acceptors (Lipinski definition) is 12. The Bertz CT molecular complexity index is 1930. The Morgan fingerprint density at radius 1 is 1.00 bits per heavy atom. The van der Waals surface area contributed by atoms with Crippen molar-refractivity contribution in [1.29, 1.82) is 0 Å². The van der Waals surface area contributed by atoms with Crippen LogP contribution in [0.25, 0.3) is 21.7 Å². The minimum absolute atomic E-state index is 0.00778. The van der Waals surface area contributed by atoms with Crippen LogP contribution >= 0.6 is 11.3 Å². The van der Waals surface area contributed by atoms with E-state index in [0.29, 0.717) is 43.1 Å². The Labute approximate surface area is 313 Å². The van der Waals surface area contributed by atoms with Crippen molar-refractivity contribution in [1.82, 2.24) is 35.6 Å². The predicted octanol–water partition coefficient (Wildman–Crippen LogP) is 2.97. The Balaban J connectivity index is 1.04. The Hall–Kier alpha value is -5.12. The normalized spacial score (nSPS) is 18.9. The van der Waals surface area contributed by atoms with Gasteiger partial charge >= 0.3 is 0 Å². The first-order chi connectivity index (χ1) is 25.4. The average molecular weight is 742 g/mol. The molecule has 2 aliphatic rings. The van der Waals surface area contributed by atoms with Crippen LogP contribution in [-0.2, 0) is 14.4 Å². The number of aromatic hydroxyl groups is 1. The monoisotopic (exact) mass is 741 g/mol. The zero-order valence-electron chi connectivity index (χ0n) is 30.4. The SMILES string of the molecule is Cc1ncsc1-c1ccc([C@H](C)NC(=O)[C@@H]2C[C@@H](O)CN2C(=O)C(NC(=O)CN2CCN(c3cc(-c4ccccc4O)nnc3N)CC2)C(C)C)cc1. The van der Waals surface area contributed by atoms with Gasteiger partial charge in [-0.15, -0.1) is 21.5 Å². The van der Waals surface area contributed by atoms with Crippen LogP contribution in [0.4, 0.5) is 11.5 Å². The van der Waals surface area contributed by atoms with E-state index >= 15 is 0 Å². The number of amides is 3. The lowest BCUT2D eigenvalue weighted by Gasteiger charge is -2.36. The van der Waals surface area contributed by atoms with Crippen LogP contribution < -0.4 is 21.3 Å². The molecule has 0 saturated carbocycles. The molecule has 4 heterocycles. The lowest BCUT2D eigenvalue weighted by Crippen LogP contribution is -2.57. The van der Waals surface area contributed by atoms with Gasteiger partial charge in [-0.25, -0.2) is 4.98 Å². The number of anilines is 2. The van der Waals surface area contributed by atoms with Gasteiger partial charge in [0.2, 0.25) is 17.7 Å². The highest BCUT2D eigenvalue weighted by Gasteiger charge is 2.42. The zero-order chi connectivity index (χ0) is 37.8. The number of rotatable bonds is 11. The molecule has 2 aliphatic heterocycles. The maximum Gasteiger partial charge on any atom is 0.246 e. The molecule has 3 amide bonds. The number of carbonyl (C=O) groups is 3. The van der Waals surface area contributed by atoms with E-state index in [1.807, 2.05) is 74.5 Å². The molecule has 53 heavy (non-hydrogen) atoms. The van der Waals surface area contributed by atoms with Gasteiger partial charge in [-0.1, -0.05) is 50.2 Å². The van der Waals surface area contributed by atoms with Gasteiger partial charge in [0.15, 0.2) is 5.82 Å². The second-order valence-electron chi connectivity index (χ2n) is 14.1. The third kappa shape index (κ3) is 8.58. The Morgan fingerprint density at radius 3 is 2.38 bits per heavy atom. The average Bonchev–Trinajstić information content (AvgIpc) is 3.76. The van der Waals surface area contributed by atoms with Crippen LogP contribution in [0.15, 0.2) is 60.1 Å². The molecule has 2 aromatic carbocycles. The highest BCUT2D eigenvalue weighted by molar-refractivity contribution is 7.13. The fourth-order valence-corrected chi connectivity index (χ4v) is 7.74. The first-order valence-electron chi connectivity index (χ1n) is 17.9. The maximum atomic E-state index is 13.9. The topological polar surface area (TPSA) is 190 Å². The third-order valence-corrected chi connectivity index (χ3v) is 10.9. The zero-order valence-corrected chi connectivity index (χ0v) is 31.2. The number of β-amino-alcohol motifs (C(OH)–C–C–N with tert-alkyl or cyclic N) is 1. The molecule has 0 spiro atoms. The van der Waals surface area contributed by atoms with Crippen LogP contribution in [0.2, 0.25) is 0 Å². The molecule has 2 saturated heterocycles. The first kappa shape index (κ1) is 37.6. The summed E-state index contributed by atoms with van der Waals surface area (Å²) in [7, 11) is 0. The van der Waals surface area contributed by atoms with E-state index in [9.17, 15) is 24.6 Å². The van der Waals surface area contributed by atoms with Gasteiger partial charge in [0.25, 0.3) is 0 Å². The van der Waals surface area contributed by atoms with Crippen molar-refractivity contribution >= 4 is 40.6 Å². The van der Waals surface area contributed by atoms with Crippen molar-refractivity contribution in [3.05, 3.63) is 71.4 Å². The van der Waals surface area contributed by atoms with Gasteiger partial charge in [0, 0.05) is 44.7 Å². The third-order valence-electron chi connectivity index (χ3n) is 9.95. The van der Waals surface area contributed by atoms with Gasteiger partial charge in [0.1, 0.15) is 17.8 Å². The fraction of sp³-hybridized carbons (Fsp3) is 0.421. The van der Waals surface area contributed by atoms with Crippen molar-refractivity contribution in [2.45, 2.75) is 58.3 Å². The fourth-order valence-electron chi connectivity index (χ4n) is 6.93. The van der Waals surface area contributed by atoms with Crippen LogP contribution in [0.3, 0.4) is 0 Å². The van der Waals surface area contributed by atoms with Crippen LogP contribution in [0, 0.1) is 12.8 Å². The number of likely N-dealkylation sites (tertiary alicyclic amines) is 1. The summed E-state index contributed by atoms with van der Waals surface area (Å²) < 4.78 is 0. The molecule has 2 fully saturated rings.